The van der Waals surface area contributed by atoms with Crippen LogP contribution in [0.1, 0.15) is 43.9 Å². The molecule has 1 aromatic heterocycles. The molecule has 1 N–H and O–H groups in total. The number of amides is 1. The summed E-state index contributed by atoms with van der Waals surface area (Å²) in [6.07, 6.45) is 7.09. The van der Waals surface area contributed by atoms with E-state index in [1.807, 2.05) is 29.7 Å². The summed E-state index contributed by atoms with van der Waals surface area (Å²) in [5.74, 6) is 0.212. The number of hydrogen-bond donors (Lipinski definition) is 1. The van der Waals surface area contributed by atoms with E-state index in [1.165, 1.54) is 31.9 Å². The van der Waals surface area contributed by atoms with Crippen molar-refractivity contribution in [2.24, 2.45) is 0 Å². The van der Waals surface area contributed by atoms with Crippen LogP contribution in [0.15, 0.2) is 47.4 Å². The summed E-state index contributed by atoms with van der Waals surface area (Å²) < 4.78 is 7.06. The van der Waals surface area contributed by atoms with Crippen molar-refractivity contribution in [3.8, 4) is 5.75 Å². The molecule has 0 bridgehead atoms. The molecule has 0 spiro atoms. The molecule has 1 saturated heterocycles. The van der Waals surface area contributed by atoms with Crippen molar-refractivity contribution in [2.75, 3.05) is 20.2 Å². The maximum absolute atomic E-state index is 12.7. The van der Waals surface area contributed by atoms with Gasteiger partial charge < -0.3 is 14.6 Å². The summed E-state index contributed by atoms with van der Waals surface area (Å²) in [6.45, 7) is 4.94. The van der Waals surface area contributed by atoms with Crippen molar-refractivity contribution in [1.29, 1.82) is 0 Å². The Morgan fingerprint density at radius 1 is 1.17 bits per heavy atom. The van der Waals surface area contributed by atoms with Gasteiger partial charge in [0.1, 0.15) is 6.54 Å². The zero-order valence-corrected chi connectivity index (χ0v) is 18.1. The van der Waals surface area contributed by atoms with Crippen molar-refractivity contribution in [3.05, 3.63) is 64.1 Å². The molecule has 1 amide bonds. The summed E-state index contributed by atoms with van der Waals surface area (Å²) >= 11 is 0. The van der Waals surface area contributed by atoms with Gasteiger partial charge in [0.2, 0.25) is 11.3 Å². The summed E-state index contributed by atoms with van der Waals surface area (Å²) in [4.78, 5) is 27.3. The highest BCUT2D eigenvalue weighted by Gasteiger charge is 2.16. The first kappa shape index (κ1) is 22.1. The Kier molecular flexibility index (Phi) is 8.08. The standard InChI is InChI=1S/C24H33N3O3/c1-19(11-12-20-9-5-3-6-10-20)25-24(29)18-27-17-23(30-2)22(28)15-21(27)16-26-13-7-4-8-14-26/h3,5-6,9-10,15,17,19H,4,7-8,11-14,16,18H2,1-2H3,(H,25,29)/t19-/m1/s1. The van der Waals surface area contributed by atoms with Gasteiger partial charge in [-0.25, -0.2) is 0 Å². The van der Waals surface area contributed by atoms with Crippen LogP contribution in [0.5, 0.6) is 5.75 Å². The molecule has 1 fully saturated rings. The van der Waals surface area contributed by atoms with Crippen molar-refractivity contribution >= 4 is 5.91 Å². The van der Waals surface area contributed by atoms with E-state index >= 15 is 0 Å². The van der Waals surface area contributed by atoms with Crippen LogP contribution < -0.4 is 15.5 Å². The summed E-state index contributed by atoms with van der Waals surface area (Å²) in [5, 5.41) is 3.09. The molecule has 1 atom stereocenters. The molecule has 1 aliphatic rings. The highest BCUT2D eigenvalue weighted by molar-refractivity contribution is 5.76. The number of pyridine rings is 1. The number of aromatic nitrogens is 1. The number of nitrogens with one attached hydrogen (secondary N) is 1. The number of nitrogens with zero attached hydrogens (tertiary/aromatic N) is 2. The molecule has 30 heavy (non-hydrogen) atoms. The van der Waals surface area contributed by atoms with E-state index in [-0.39, 0.29) is 29.7 Å². The second-order valence-electron chi connectivity index (χ2n) is 8.15. The number of hydrogen-bond acceptors (Lipinski definition) is 4. The van der Waals surface area contributed by atoms with E-state index in [0.29, 0.717) is 6.54 Å². The molecule has 0 unspecified atom stereocenters. The van der Waals surface area contributed by atoms with E-state index < -0.39 is 0 Å². The zero-order valence-electron chi connectivity index (χ0n) is 18.1. The fourth-order valence-electron chi connectivity index (χ4n) is 3.95. The number of piperidine rings is 1. The largest absolute Gasteiger partial charge is 0.491 e. The molecule has 0 saturated carbocycles. The lowest BCUT2D eigenvalue weighted by molar-refractivity contribution is -0.122. The molecule has 0 radical (unpaired) electrons. The molecule has 2 heterocycles. The van der Waals surface area contributed by atoms with E-state index in [4.69, 9.17) is 4.74 Å². The number of methoxy groups -OCH3 is 1. The Balaban J connectivity index is 1.62. The Labute approximate surface area is 178 Å². The molecule has 2 aromatic rings. The van der Waals surface area contributed by atoms with Gasteiger partial charge in [-0.1, -0.05) is 36.8 Å². The van der Waals surface area contributed by atoms with E-state index in [0.717, 1.165) is 31.6 Å². The lowest BCUT2D eigenvalue weighted by Gasteiger charge is -2.27. The Bertz CT molecular complexity index is 873. The van der Waals surface area contributed by atoms with Gasteiger partial charge in [-0.2, -0.15) is 0 Å². The van der Waals surface area contributed by atoms with Gasteiger partial charge in [0.25, 0.3) is 0 Å². The highest BCUT2D eigenvalue weighted by atomic mass is 16.5. The molecule has 162 valence electrons. The first-order valence-electron chi connectivity index (χ1n) is 10.9. The molecule has 1 aliphatic heterocycles. The van der Waals surface area contributed by atoms with Crippen LogP contribution >= 0.6 is 0 Å². The summed E-state index contributed by atoms with van der Waals surface area (Å²) in [7, 11) is 1.48. The van der Waals surface area contributed by atoms with Crippen LogP contribution in [-0.4, -0.2) is 41.6 Å². The number of aryl methyl sites for hydroxylation is 1. The predicted octanol–water partition coefficient (Wildman–Crippen LogP) is 2.98. The van der Waals surface area contributed by atoms with Crippen molar-refractivity contribution in [2.45, 2.75) is 58.2 Å². The maximum Gasteiger partial charge on any atom is 0.240 e. The van der Waals surface area contributed by atoms with Crippen molar-refractivity contribution in [3.63, 3.8) is 0 Å². The fourth-order valence-corrected chi connectivity index (χ4v) is 3.95. The monoisotopic (exact) mass is 411 g/mol. The Hall–Kier alpha value is -2.60. The third kappa shape index (κ3) is 6.46. The average molecular weight is 412 g/mol. The minimum absolute atomic E-state index is 0.0545. The summed E-state index contributed by atoms with van der Waals surface area (Å²) in [6, 6.07) is 12.0. The molecular formula is C24H33N3O3. The van der Waals surface area contributed by atoms with Gasteiger partial charge in [-0.15, -0.1) is 0 Å². The van der Waals surface area contributed by atoms with Gasteiger partial charge in [-0.05, 0) is 51.3 Å². The lowest BCUT2D eigenvalue weighted by atomic mass is 10.1. The SMILES string of the molecule is COc1cn(CC(=O)N[C@H](C)CCc2ccccc2)c(CN2CCCCC2)cc1=O. The van der Waals surface area contributed by atoms with Crippen molar-refractivity contribution < 1.29 is 9.53 Å². The van der Waals surface area contributed by atoms with E-state index in [2.05, 4.69) is 22.3 Å². The third-order valence-electron chi connectivity index (χ3n) is 5.67. The minimum Gasteiger partial charge on any atom is -0.491 e. The van der Waals surface area contributed by atoms with Crippen LogP contribution in [0, 0.1) is 0 Å². The minimum atomic E-state index is -0.141. The van der Waals surface area contributed by atoms with Crippen molar-refractivity contribution in [1.82, 2.24) is 14.8 Å². The molecule has 0 aliphatic carbocycles. The molecule has 6 nitrogen and oxygen atoms in total. The van der Waals surface area contributed by atoms with Crippen LogP contribution in [0.2, 0.25) is 0 Å². The second kappa shape index (κ2) is 11.0. The van der Waals surface area contributed by atoms with E-state index in [1.54, 1.807) is 12.3 Å². The normalized spacial score (nSPS) is 15.5. The van der Waals surface area contributed by atoms with E-state index in [9.17, 15) is 9.59 Å². The maximum atomic E-state index is 12.7. The topological polar surface area (TPSA) is 63.6 Å². The van der Waals surface area contributed by atoms with Gasteiger partial charge in [-0.3, -0.25) is 14.5 Å². The lowest BCUT2D eigenvalue weighted by Crippen LogP contribution is -2.37. The van der Waals surface area contributed by atoms with Gasteiger partial charge in [0.15, 0.2) is 5.75 Å². The quantitative estimate of drug-likeness (QED) is 0.689. The highest BCUT2D eigenvalue weighted by Crippen LogP contribution is 2.14. The number of benzene rings is 1. The predicted molar refractivity (Wildman–Crippen MR) is 119 cm³/mol. The van der Waals surface area contributed by atoms with Crippen LogP contribution in [0.3, 0.4) is 0 Å². The number of ether oxygens (including phenoxy) is 1. The van der Waals surface area contributed by atoms with Gasteiger partial charge in [0.05, 0.1) is 13.3 Å². The second-order valence-corrected chi connectivity index (χ2v) is 8.15. The Morgan fingerprint density at radius 2 is 1.90 bits per heavy atom. The smallest absolute Gasteiger partial charge is 0.240 e. The summed E-state index contributed by atoms with van der Waals surface area (Å²) in [5.41, 5.74) is 1.99. The van der Waals surface area contributed by atoms with Crippen LogP contribution in [0.25, 0.3) is 0 Å². The number of carbonyl (C=O) groups is 1. The average Bonchev–Trinajstić information content (AvgIpc) is 2.75. The Morgan fingerprint density at radius 3 is 2.60 bits per heavy atom. The molecule has 1 aromatic carbocycles. The fraction of sp³-hybridized carbons (Fsp3) is 0.500. The number of rotatable bonds is 9. The first-order chi connectivity index (χ1) is 14.5. The van der Waals surface area contributed by atoms with Crippen LogP contribution in [0.4, 0.5) is 0 Å². The van der Waals surface area contributed by atoms with Gasteiger partial charge >= 0.3 is 0 Å². The zero-order chi connectivity index (χ0) is 21.3. The van der Waals surface area contributed by atoms with Crippen LogP contribution in [-0.2, 0) is 24.3 Å². The van der Waals surface area contributed by atoms with Gasteiger partial charge in [0, 0.05) is 24.3 Å². The number of likely N-dealkylation sites (tertiary alicyclic amines) is 1. The molecule has 3 rings (SSSR count). The molecular weight excluding hydrogens is 378 g/mol. The number of carbonyl (C=O) groups excluding carboxylic acids is 1. The molecule has 6 heteroatoms. The third-order valence-corrected chi connectivity index (χ3v) is 5.67. The first-order valence-corrected chi connectivity index (χ1v) is 10.9.